The lowest BCUT2D eigenvalue weighted by Crippen LogP contribution is -2.14. The molecule has 0 saturated heterocycles. The average Bonchev–Trinajstić information content (AvgIpc) is 2.67. The summed E-state index contributed by atoms with van der Waals surface area (Å²) in [5, 5.41) is 13.1. The van der Waals surface area contributed by atoms with E-state index in [0.29, 0.717) is 22.2 Å². The second kappa shape index (κ2) is 7.57. The highest BCUT2D eigenvalue weighted by Gasteiger charge is 2.14. The molecule has 6 nitrogen and oxygen atoms in total. The third-order valence-corrected chi connectivity index (χ3v) is 3.89. The van der Waals surface area contributed by atoms with E-state index in [1.165, 1.54) is 19.2 Å². The number of hydrogen-bond acceptors (Lipinski definition) is 4. The number of aromatic carboxylic acids is 1. The van der Waals surface area contributed by atoms with Crippen molar-refractivity contribution in [1.82, 2.24) is 0 Å². The summed E-state index contributed by atoms with van der Waals surface area (Å²) in [6.45, 7) is 0.142. The van der Waals surface area contributed by atoms with Gasteiger partial charge in [0.2, 0.25) is 0 Å². The number of nitrogens with one attached hydrogen (secondary N) is 1. The zero-order valence-electron chi connectivity index (χ0n) is 14.1. The van der Waals surface area contributed by atoms with Crippen LogP contribution in [0, 0.1) is 0 Å². The van der Waals surface area contributed by atoms with Crippen molar-refractivity contribution in [2.75, 3.05) is 12.4 Å². The lowest BCUT2D eigenvalue weighted by molar-refractivity contribution is 0.0697. The molecule has 2 N–H and O–H groups in total. The van der Waals surface area contributed by atoms with Crippen LogP contribution in [-0.4, -0.2) is 24.3 Å². The molecule has 0 aliphatic heterocycles. The number of carboxylic acids is 1. The van der Waals surface area contributed by atoms with Crippen LogP contribution in [-0.2, 0) is 11.3 Å². The van der Waals surface area contributed by atoms with Crippen molar-refractivity contribution in [2.24, 2.45) is 0 Å². The summed E-state index contributed by atoms with van der Waals surface area (Å²) in [7, 11) is 1.49. The van der Waals surface area contributed by atoms with E-state index in [9.17, 15) is 9.59 Å². The summed E-state index contributed by atoms with van der Waals surface area (Å²) in [5.74, 6) is -0.559. The molecule has 3 aromatic rings. The predicted molar refractivity (Wildman–Crippen MR) is 97.7 cm³/mol. The van der Waals surface area contributed by atoms with Gasteiger partial charge in [-0.15, -0.1) is 0 Å². The van der Waals surface area contributed by atoms with Gasteiger partial charge in [-0.3, -0.25) is 5.32 Å². The molecule has 0 unspecified atom stereocenters. The van der Waals surface area contributed by atoms with Crippen LogP contribution in [0.4, 0.5) is 10.5 Å². The number of ether oxygens (including phenoxy) is 2. The van der Waals surface area contributed by atoms with Crippen LogP contribution in [0.3, 0.4) is 0 Å². The number of benzene rings is 3. The molecule has 1 amide bonds. The van der Waals surface area contributed by atoms with E-state index >= 15 is 0 Å². The number of rotatable bonds is 5. The average molecular weight is 351 g/mol. The zero-order valence-corrected chi connectivity index (χ0v) is 14.1. The molecule has 0 atom stereocenters. The minimum atomic E-state index is -1.01. The van der Waals surface area contributed by atoms with Crippen molar-refractivity contribution in [1.29, 1.82) is 0 Å². The number of carbonyl (C=O) groups is 2. The van der Waals surface area contributed by atoms with Gasteiger partial charge in [0.15, 0.2) is 0 Å². The number of carbonyl (C=O) groups excluding carboxylic acids is 1. The first kappa shape index (κ1) is 17.3. The van der Waals surface area contributed by atoms with Crippen LogP contribution in [0.2, 0.25) is 0 Å². The van der Waals surface area contributed by atoms with Gasteiger partial charge in [-0.05, 0) is 29.1 Å². The number of amides is 1. The summed E-state index contributed by atoms with van der Waals surface area (Å²) < 4.78 is 10.6. The zero-order chi connectivity index (χ0) is 18.5. The summed E-state index contributed by atoms with van der Waals surface area (Å²) in [5.41, 5.74) is 1.47. The Morgan fingerprint density at radius 1 is 1.04 bits per heavy atom. The Hall–Kier alpha value is -3.54. The third kappa shape index (κ3) is 3.75. The molecule has 132 valence electrons. The molecule has 26 heavy (non-hydrogen) atoms. The Labute approximate surface area is 150 Å². The maximum atomic E-state index is 12.2. The van der Waals surface area contributed by atoms with Gasteiger partial charge in [0.25, 0.3) is 0 Å². The van der Waals surface area contributed by atoms with Crippen molar-refractivity contribution in [3.05, 3.63) is 71.8 Å². The number of methoxy groups -OCH3 is 1. The van der Waals surface area contributed by atoms with Crippen LogP contribution in [0.15, 0.2) is 60.7 Å². The van der Waals surface area contributed by atoms with Crippen molar-refractivity contribution in [3.63, 3.8) is 0 Å². The molecule has 0 bridgehead atoms. The van der Waals surface area contributed by atoms with Gasteiger partial charge in [-0.2, -0.15) is 0 Å². The first-order valence-corrected chi connectivity index (χ1v) is 7.90. The van der Waals surface area contributed by atoms with E-state index < -0.39 is 12.1 Å². The van der Waals surface area contributed by atoms with Crippen LogP contribution in [0.1, 0.15) is 15.9 Å². The fraction of sp³-hybridized carbons (Fsp3) is 0.100. The van der Waals surface area contributed by atoms with Gasteiger partial charge in [-0.1, -0.05) is 42.5 Å². The second-order valence-electron chi connectivity index (χ2n) is 5.57. The summed E-state index contributed by atoms with van der Waals surface area (Å²) in [4.78, 5) is 23.3. The topological polar surface area (TPSA) is 84.9 Å². The molecule has 0 aliphatic carbocycles. The highest BCUT2D eigenvalue weighted by molar-refractivity contribution is 6.05. The van der Waals surface area contributed by atoms with Gasteiger partial charge in [0, 0.05) is 5.39 Å². The molecule has 0 aromatic heterocycles. The molecule has 0 spiro atoms. The number of carboxylic acid groups (broad SMARTS) is 1. The van der Waals surface area contributed by atoms with Gasteiger partial charge < -0.3 is 14.6 Å². The standard InChI is InChI=1S/C20H17NO5/c1-25-17-10-8-14-11-15(19(22)23)7-9-16(14)18(17)21-20(24)26-12-13-5-3-2-4-6-13/h2-11H,12H2,1H3,(H,21,24)(H,22,23). The summed E-state index contributed by atoms with van der Waals surface area (Å²) in [6.07, 6.45) is -0.623. The maximum absolute atomic E-state index is 12.2. The monoisotopic (exact) mass is 351 g/mol. The highest BCUT2D eigenvalue weighted by atomic mass is 16.5. The maximum Gasteiger partial charge on any atom is 0.412 e. The largest absolute Gasteiger partial charge is 0.495 e. The van der Waals surface area contributed by atoms with Crippen LogP contribution in [0.25, 0.3) is 10.8 Å². The first-order valence-electron chi connectivity index (χ1n) is 7.90. The number of anilines is 1. The van der Waals surface area contributed by atoms with Crippen LogP contribution >= 0.6 is 0 Å². The molecule has 3 rings (SSSR count). The van der Waals surface area contributed by atoms with Crippen molar-refractivity contribution >= 4 is 28.5 Å². The lowest BCUT2D eigenvalue weighted by Gasteiger charge is -2.14. The molecule has 0 fully saturated rings. The molecule has 0 aliphatic rings. The smallest absolute Gasteiger partial charge is 0.412 e. The SMILES string of the molecule is COc1ccc2cc(C(=O)O)ccc2c1NC(=O)OCc1ccccc1. The molecule has 0 radical (unpaired) electrons. The quantitative estimate of drug-likeness (QED) is 0.716. The Morgan fingerprint density at radius 3 is 2.50 bits per heavy atom. The normalized spacial score (nSPS) is 10.3. The first-order chi connectivity index (χ1) is 12.6. The van der Waals surface area contributed by atoms with E-state index in [0.717, 1.165) is 5.56 Å². The van der Waals surface area contributed by atoms with E-state index in [1.807, 2.05) is 30.3 Å². The van der Waals surface area contributed by atoms with Crippen molar-refractivity contribution < 1.29 is 24.2 Å². The number of fused-ring (bicyclic) bond motifs is 1. The Bertz CT molecular complexity index is 953. The second-order valence-corrected chi connectivity index (χ2v) is 5.57. The summed E-state index contributed by atoms with van der Waals surface area (Å²) >= 11 is 0. The summed E-state index contributed by atoms with van der Waals surface area (Å²) in [6, 6.07) is 17.4. The van der Waals surface area contributed by atoms with E-state index in [2.05, 4.69) is 5.32 Å². The molecular weight excluding hydrogens is 334 g/mol. The fourth-order valence-corrected chi connectivity index (χ4v) is 2.60. The molecule has 6 heteroatoms. The van der Waals surface area contributed by atoms with E-state index in [-0.39, 0.29) is 12.2 Å². The highest BCUT2D eigenvalue weighted by Crippen LogP contribution is 2.34. The minimum Gasteiger partial charge on any atom is -0.495 e. The van der Waals surface area contributed by atoms with Gasteiger partial charge in [0.1, 0.15) is 12.4 Å². The minimum absolute atomic E-state index is 0.142. The molecule has 0 heterocycles. The Morgan fingerprint density at radius 2 is 1.81 bits per heavy atom. The van der Waals surface area contributed by atoms with Gasteiger partial charge in [0.05, 0.1) is 18.4 Å². The Balaban J connectivity index is 1.85. The van der Waals surface area contributed by atoms with Crippen LogP contribution < -0.4 is 10.1 Å². The third-order valence-electron chi connectivity index (χ3n) is 3.89. The molecule has 0 saturated carbocycles. The van der Waals surface area contributed by atoms with Crippen molar-refractivity contribution in [3.8, 4) is 5.75 Å². The predicted octanol–water partition coefficient (Wildman–Crippen LogP) is 4.30. The fourth-order valence-electron chi connectivity index (χ4n) is 2.60. The Kier molecular flexibility index (Phi) is 5.03. The van der Waals surface area contributed by atoms with Crippen molar-refractivity contribution in [2.45, 2.75) is 6.61 Å². The van der Waals surface area contributed by atoms with Gasteiger partial charge in [-0.25, -0.2) is 9.59 Å². The van der Waals surface area contributed by atoms with Gasteiger partial charge >= 0.3 is 12.1 Å². The number of hydrogen-bond donors (Lipinski definition) is 2. The van der Waals surface area contributed by atoms with E-state index in [4.69, 9.17) is 14.6 Å². The lowest BCUT2D eigenvalue weighted by atomic mass is 10.0. The van der Waals surface area contributed by atoms with Crippen LogP contribution in [0.5, 0.6) is 5.75 Å². The van der Waals surface area contributed by atoms with E-state index in [1.54, 1.807) is 18.2 Å². The molecule has 3 aromatic carbocycles. The molecular formula is C20H17NO5.